The van der Waals surface area contributed by atoms with E-state index in [1.807, 2.05) is 24.5 Å². The summed E-state index contributed by atoms with van der Waals surface area (Å²) in [4.78, 5) is 18.4. The number of anilines is 1. The zero-order valence-electron chi connectivity index (χ0n) is 14.9. The highest BCUT2D eigenvalue weighted by atomic mass is 16.5. The summed E-state index contributed by atoms with van der Waals surface area (Å²) >= 11 is 0. The molecule has 1 saturated carbocycles. The van der Waals surface area contributed by atoms with Crippen LogP contribution in [0.2, 0.25) is 0 Å². The lowest BCUT2D eigenvalue weighted by atomic mass is 10.1. The van der Waals surface area contributed by atoms with Crippen molar-refractivity contribution in [2.45, 2.75) is 38.3 Å². The molecule has 3 heterocycles. The molecular weight excluding hydrogens is 314 g/mol. The minimum atomic E-state index is 0.468. The molecule has 0 amide bonds. The number of nitrogens with zero attached hydrogens (tertiary/aromatic N) is 5. The molecule has 6 heteroatoms. The van der Waals surface area contributed by atoms with Gasteiger partial charge in [-0.15, -0.1) is 0 Å². The molecule has 132 valence electrons. The molecule has 0 bridgehead atoms. The Balaban J connectivity index is 1.38. The summed E-state index contributed by atoms with van der Waals surface area (Å²) in [7, 11) is 1.64. The third-order valence-electron chi connectivity index (χ3n) is 5.08. The molecule has 2 fully saturated rings. The number of hydrogen-bond acceptors (Lipinski definition) is 6. The number of ether oxygens (including phenoxy) is 1. The van der Waals surface area contributed by atoms with Crippen LogP contribution in [0.15, 0.2) is 30.6 Å². The molecule has 0 N–H and O–H groups in total. The molecule has 25 heavy (non-hydrogen) atoms. The number of rotatable bonds is 5. The van der Waals surface area contributed by atoms with Crippen molar-refractivity contribution in [1.82, 2.24) is 19.9 Å². The zero-order valence-corrected chi connectivity index (χ0v) is 14.9. The first-order valence-corrected chi connectivity index (χ1v) is 9.04. The summed E-state index contributed by atoms with van der Waals surface area (Å²) in [6.45, 7) is 6.21. The van der Waals surface area contributed by atoms with Gasteiger partial charge in [0.2, 0.25) is 5.88 Å². The molecular formula is C19H25N5O. The molecule has 2 aliphatic rings. The van der Waals surface area contributed by atoms with Crippen LogP contribution in [0.1, 0.15) is 37.1 Å². The van der Waals surface area contributed by atoms with E-state index < -0.39 is 0 Å². The quantitative estimate of drug-likeness (QED) is 0.834. The van der Waals surface area contributed by atoms with Crippen molar-refractivity contribution >= 4 is 5.82 Å². The van der Waals surface area contributed by atoms with E-state index in [0.29, 0.717) is 17.8 Å². The Morgan fingerprint density at radius 3 is 2.72 bits per heavy atom. The van der Waals surface area contributed by atoms with Crippen molar-refractivity contribution in [3.8, 4) is 5.88 Å². The first-order chi connectivity index (χ1) is 12.2. The highest BCUT2D eigenvalue weighted by molar-refractivity contribution is 5.39. The number of piperazine rings is 1. The average Bonchev–Trinajstić information content (AvgIpc) is 3.49. The Morgan fingerprint density at radius 2 is 2.04 bits per heavy atom. The van der Waals surface area contributed by atoms with Crippen LogP contribution in [0.25, 0.3) is 0 Å². The maximum atomic E-state index is 5.13. The van der Waals surface area contributed by atoms with Gasteiger partial charge in [-0.25, -0.2) is 15.0 Å². The molecule has 2 aromatic rings. The van der Waals surface area contributed by atoms with Crippen LogP contribution in [-0.2, 0) is 6.54 Å². The van der Waals surface area contributed by atoms with Crippen molar-refractivity contribution < 1.29 is 4.74 Å². The van der Waals surface area contributed by atoms with Gasteiger partial charge in [0.05, 0.1) is 7.11 Å². The summed E-state index contributed by atoms with van der Waals surface area (Å²) in [5.41, 5.74) is 1.22. The lowest BCUT2D eigenvalue weighted by Gasteiger charge is -2.40. The molecule has 1 aliphatic carbocycles. The van der Waals surface area contributed by atoms with Gasteiger partial charge >= 0.3 is 0 Å². The largest absolute Gasteiger partial charge is 0.481 e. The highest BCUT2D eigenvalue weighted by Crippen LogP contribution is 2.38. The van der Waals surface area contributed by atoms with Crippen LogP contribution in [0.5, 0.6) is 5.88 Å². The van der Waals surface area contributed by atoms with Crippen molar-refractivity contribution in [3.63, 3.8) is 0 Å². The van der Waals surface area contributed by atoms with E-state index in [0.717, 1.165) is 37.8 Å². The summed E-state index contributed by atoms with van der Waals surface area (Å²) in [5, 5.41) is 0. The number of pyridine rings is 1. The van der Waals surface area contributed by atoms with E-state index in [9.17, 15) is 0 Å². The van der Waals surface area contributed by atoms with Crippen molar-refractivity contribution in [2.24, 2.45) is 0 Å². The molecule has 2 aromatic heterocycles. The Labute approximate surface area is 148 Å². The lowest BCUT2D eigenvalue weighted by Crippen LogP contribution is -2.51. The van der Waals surface area contributed by atoms with E-state index in [1.165, 1.54) is 18.4 Å². The second-order valence-electron chi connectivity index (χ2n) is 7.02. The summed E-state index contributed by atoms with van der Waals surface area (Å²) in [6, 6.07) is 6.53. The SMILES string of the molecule is COc1ccc(CN2CCN(c3ccnc(C4CC4)n3)CC2C)cn1. The van der Waals surface area contributed by atoms with Crippen LogP contribution in [0.3, 0.4) is 0 Å². The molecule has 0 radical (unpaired) electrons. The summed E-state index contributed by atoms with van der Waals surface area (Å²) in [6.07, 6.45) is 6.30. The minimum Gasteiger partial charge on any atom is -0.481 e. The minimum absolute atomic E-state index is 0.468. The normalized spacial score (nSPS) is 21.4. The third kappa shape index (κ3) is 3.74. The fourth-order valence-corrected chi connectivity index (χ4v) is 3.38. The van der Waals surface area contributed by atoms with Gasteiger partial charge in [-0.2, -0.15) is 0 Å². The lowest BCUT2D eigenvalue weighted by molar-refractivity contribution is 0.180. The van der Waals surface area contributed by atoms with E-state index in [2.05, 4.69) is 32.8 Å². The number of aromatic nitrogens is 3. The van der Waals surface area contributed by atoms with Crippen molar-refractivity contribution in [1.29, 1.82) is 0 Å². The van der Waals surface area contributed by atoms with Crippen LogP contribution >= 0.6 is 0 Å². The van der Waals surface area contributed by atoms with Gasteiger partial charge < -0.3 is 9.64 Å². The van der Waals surface area contributed by atoms with Gasteiger partial charge in [0.25, 0.3) is 0 Å². The van der Waals surface area contributed by atoms with Crippen molar-refractivity contribution in [2.75, 3.05) is 31.6 Å². The van der Waals surface area contributed by atoms with Crippen LogP contribution in [0, 0.1) is 0 Å². The van der Waals surface area contributed by atoms with Gasteiger partial charge in [0.15, 0.2) is 0 Å². The fraction of sp³-hybridized carbons (Fsp3) is 0.526. The van der Waals surface area contributed by atoms with E-state index in [1.54, 1.807) is 7.11 Å². The summed E-state index contributed by atoms with van der Waals surface area (Å²) in [5.74, 6) is 3.37. The Morgan fingerprint density at radius 1 is 1.16 bits per heavy atom. The average molecular weight is 339 g/mol. The van der Waals surface area contributed by atoms with E-state index >= 15 is 0 Å². The second-order valence-corrected chi connectivity index (χ2v) is 7.02. The predicted molar refractivity (Wildman–Crippen MR) is 96.9 cm³/mol. The Kier molecular flexibility index (Phi) is 4.53. The zero-order chi connectivity index (χ0) is 17.2. The molecule has 1 saturated heterocycles. The van der Waals surface area contributed by atoms with E-state index in [4.69, 9.17) is 9.72 Å². The first kappa shape index (κ1) is 16.3. The van der Waals surface area contributed by atoms with Crippen LogP contribution in [-0.4, -0.2) is 52.6 Å². The highest BCUT2D eigenvalue weighted by Gasteiger charge is 2.28. The molecule has 1 aliphatic heterocycles. The van der Waals surface area contributed by atoms with Crippen LogP contribution in [0.4, 0.5) is 5.82 Å². The Hall–Kier alpha value is -2.21. The molecule has 1 atom stereocenters. The van der Waals surface area contributed by atoms with Crippen molar-refractivity contribution in [3.05, 3.63) is 42.0 Å². The molecule has 4 rings (SSSR count). The maximum absolute atomic E-state index is 5.13. The van der Waals surface area contributed by atoms with Gasteiger partial charge in [0.1, 0.15) is 11.6 Å². The topological polar surface area (TPSA) is 54.4 Å². The van der Waals surface area contributed by atoms with Gasteiger partial charge in [-0.05, 0) is 31.4 Å². The third-order valence-corrected chi connectivity index (χ3v) is 5.08. The monoisotopic (exact) mass is 339 g/mol. The molecule has 0 aromatic carbocycles. The molecule has 6 nitrogen and oxygen atoms in total. The summed E-state index contributed by atoms with van der Waals surface area (Å²) < 4.78 is 5.13. The smallest absolute Gasteiger partial charge is 0.212 e. The van der Waals surface area contributed by atoms with Gasteiger partial charge in [-0.3, -0.25) is 4.90 Å². The molecule has 1 unspecified atom stereocenters. The predicted octanol–water partition coefficient (Wildman–Crippen LogP) is 2.47. The van der Waals surface area contributed by atoms with Gasteiger partial charge in [-0.1, -0.05) is 6.07 Å². The fourth-order valence-electron chi connectivity index (χ4n) is 3.38. The Bertz CT molecular complexity index is 716. The number of hydrogen-bond donors (Lipinski definition) is 0. The standard InChI is InChI=1S/C19H25N5O/c1-14-12-24(17-7-8-20-19(22-17)16-4-5-16)10-9-23(14)13-15-3-6-18(25-2)21-11-15/h3,6-8,11,14,16H,4-5,9-10,12-13H2,1-2H3. The molecule has 0 spiro atoms. The van der Waals surface area contributed by atoms with E-state index in [-0.39, 0.29) is 0 Å². The first-order valence-electron chi connectivity index (χ1n) is 9.04. The number of methoxy groups -OCH3 is 1. The second kappa shape index (κ2) is 6.96. The van der Waals surface area contributed by atoms with Crippen LogP contribution < -0.4 is 9.64 Å². The van der Waals surface area contributed by atoms with Gasteiger partial charge in [0, 0.05) is 56.6 Å². The maximum Gasteiger partial charge on any atom is 0.212 e.